The van der Waals surface area contributed by atoms with Crippen LogP contribution in [0.25, 0.3) is 0 Å². The van der Waals surface area contributed by atoms with Gasteiger partial charge in [0, 0.05) is 42.6 Å². The van der Waals surface area contributed by atoms with Gasteiger partial charge in [0.15, 0.2) is 0 Å². The van der Waals surface area contributed by atoms with Crippen molar-refractivity contribution in [2.75, 3.05) is 12.4 Å². The number of methoxy groups -OCH3 is 1. The first-order valence-corrected chi connectivity index (χ1v) is 6.73. The van der Waals surface area contributed by atoms with Gasteiger partial charge < -0.3 is 10.1 Å². The molecule has 0 heterocycles. The van der Waals surface area contributed by atoms with E-state index in [0.717, 1.165) is 0 Å². The normalized spacial score (nSPS) is 10.1. The number of rotatable bonds is 6. The number of benzene rings is 2. The summed E-state index contributed by atoms with van der Waals surface area (Å²) in [6, 6.07) is 10.4. The largest absolute Gasteiger partial charge is 0.381 e. The minimum Gasteiger partial charge on any atom is -0.381 e. The van der Waals surface area contributed by atoms with Crippen LogP contribution < -0.4 is 5.32 Å². The molecule has 118 valence electrons. The van der Waals surface area contributed by atoms with Crippen LogP contribution in [0.1, 0.15) is 16.7 Å². The first kappa shape index (κ1) is 16.4. The molecule has 0 aliphatic carbocycles. The van der Waals surface area contributed by atoms with Crippen molar-refractivity contribution in [1.82, 2.24) is 0 Å². The fourth-order valence-electron chi connectivity index (χ4n) is 2.11. The Morgan fingerprint density at radius 1 is 1.30 bits per heavy atom. The lowest BCUT2D eigenvalue weighted by molar-refractivity contribution is -0.384. The molecule has 0 bridgehead atoms. The van der Waals surface area contributed by atoms with Gasteiger partial charge in [-0.25, -0.2) is 4.39 Å². The zero-order chi connectivity index (χ0) is 16.8. The number of ether oxygens (including phenoxy) is 1. The molecule has 0 aromatic heterocycles. The van der Waals surface area contributed by atoms with Gasteiger partial charge in [0.2, 0.25) is 0 Å². The van der Waals surface area contributed by atoms with E-state index in [1.54, 1.807) is 6.07 Å². The molecule has 0 aliphatic heterocycles. The summed E-state index contributed by atoms with van der Waals surface area (Å²) < 4.78 is 18.8. The van der Waals surface area contributed by atoms with Gasteiger partial charge in [-0.05, 0) is 24.3 Å². The summed E-state index contributed by atoms with van der Waals surface area (Å²) in [5.74, 6) is -0.424. The van der Waals surface area contributed by atoms with Crippen LogP contribution in [-0.2, 0) is 17.9 Å². The molecule has 0 atom stereocenters. The van der Waals surface area contributed by atoms with Crippen LogP contribution >= 0.6 is 0 Å². The summed E-state index contributed by atoms with van der Waals surface area (Å²) in [4.78, 5) is 10.3. The highest BCUT2D eigenvalue weighted by molar-refractivity contribution is 5.56. The van der Waals surface area contributed by atoms with Crippen LogP contribution in [0.5, 0.6) is 0 Å². The van der Waals surface area contributed by atoms with Gasteiger partial charge >= 0.3 is 0 Å². The average molecular weight is 315 g/mol. The lowest BCUT2D eigenvalue weighted by Gasteiger charge is -2.12. The number of nitrogens with zero attached hydrogens (tertiary/aromatic N) is 2. The maximum absolute atomic E-state index is 13.8. The zero-order valence-electron chi connectivity index (χ0n) is 12.4. The number of nitrogens with one attached hydrogen (secondary N) is 1. The molecule has 2 aromatic rings. The van der Waals surface area contributed by atoms with Gasteiger partial charge in [-0.1, -0.05) is 0 Å². The van der Waals surface area contributed by atoms with Crippen molar-refractivity contribution in [1.29, 1.82) is 5.26 Å². The molecule has 0 unspecified atom stereocenters. The number of anilines is 1. The van der Waals surface area contributed by atoms with Crippen molar-refractivity contribution in [2.45, 2.75) is 13.2 Å². The maximum Gasteiger partial charge on any atom is 0.269 e. The van der Waals surface area contributed by atoms with E-state index in [1.165, 1.54) is 37.4 Å². The third-order valence-electron chi connectivity index (χ3n) is 3.24. The number of non-ortho nitro benzene ring substituents is 1. The Morgan fingerprint density at radius 3 is 2.74 bits per heavy atom. The van der Waals surface area contributed by atoms with Crippen molar-refractivity contribution in [3.05, 3.63) is 69.0 Å². The molecule has 1 N–H and O–H groups in total. The Morgan fingerprint density at radius 2 is 2.09 bits per heavy atom. The number of halogens is 1. The van der Waals surface area contributed by atoms with Gasteiger partial charge in [-0.15, -0.1) is 0 Å². The van der Waals surface area contributed by atoms with Crippen LogP contribution in [0.3, 0.4) is 0 Å². The summed E-state index contributed by atoms with van der Waals surface area (Å²) >= 11 is 0. The quantitative estimate of drug-likeness (QED) is 0.652. The van der Waals surface area contributed by atoms with Crippen LogP contribution in [0.4, 0.5) is 15.8 Å². The van der Waals surface area contributed by atoms with E-state index in [0.29, 0.717) is 22.4 Å². The molecule has 6 nitrogen and oxygen atoms in total. The minimum absolute atomic E-state index is 0.0414. The predicted octanol–water partition coefficient (Wildman–Crippen LogP) is 3.36. The third kappa shape index (κ3) is 4.02. The van der Waals surface area contributed by atoms with E-state index in [2.05, 4.69) is 5.32 Å². The van der Waals surface area contributed by atoms with Crippen LogP contribution in [0.15, 0.2) is 36.4 Å². The standard InChI is InChI=1S/C16H14FN3O3/c1-23-10-13-7-14(20(21)22)3-5-16(13)19-9-12-6-11(8-18)2-4-15(12)17/h2-7,19H,9-10H2,1H3. The Bertz CT molecular complexity index is 772. The predicted molar refractivity (Wildman–Crippen MR) is 82.3 cm³/mol. The zero-order valence-corrected chi connectivity index (χ0v) is 12.4. The summed E-state index contributed by atoms with van der Waals surface area (Å²) in [5.41, 5.74) is 1.87. The Kier molecular flexibility index (Phi) is 5.23. The number of nitro groups is 1. The molecular weight excluding hydrogens is 301 g/mol. The second-order valence-corrected chi connectivity index (χ2v) is 4.80. The molecule has 2 aromatic carbocycles. The lowest BCUT2D eigenvalue weighted by atomic mass is 10.1. The molecule has 0 saturated carbocycles. The van der Waals surface area contributed by atoms with Crippen molar-refractivity contribution >= 4 is 11.4 Å². The minimum atomic E-state index is -0.487. The fourth-order valence-corrected chi connectivity index (χ4v) is 2.11. The monoisotopic (exact) mass is 315 g/mol. The third-order valence-corrected chi connectivity index (χ3v) is 3.24. The second kappa shape index (κ2) is 7.33. The SMILES string of the molecule is COCc1cc([N+](=O)[O-])ccc1NCc1cc(C#N)ccc1F. The van der Waals surface area contributed by atoms with Crippen molar-refractivity contribution in [2.24, 2.45) is 0 Å². The van der Waals surface area contributed by atoms with Gasteiger partial charge in [0.25, 0.3) is 5.69 Å². The van der Waals surface area contributed by atoms with E-state index in [4.69, 9.17) is 10.00 Å². The summed E-state index contributed by atoms with van der Waals surface area (Å²) in [6.45, 7) is 0.334. The number of nitriles is 1. The summed E-state index contributed by atoms with van der Waals surface area (Å²) in [5, 5.41) is 22.7. The van der Waals surface area contributed by atoms with Gasteiger partial charge in [0.1, 0.15) is 5.82 Å². The lowest BCUT2D eigenvalue weighted by Crippen LogP contribution is -2.06. The van der Waals surface area contributed by atoms with Crippen LogP contribution in [0, 0.1) is 27.3 Å². The van der Waals surface area contributed by atoms with Crippen molar-refractivity contribution in [3.63, 3.8) is 0 Å². The van der Waals surface area contributed by atoms with E-state index >= 15 is 0 Å². The maximum atomic E-state index is 13.8. The molecule has 0 fully saturated rings. The molecule has 0 amide bonds. The Balaban J connectivity index is 2.23. The highest BCUT2D eigenvalue weighted by Crippen LogP contribution is 2.24. The molecular formula is C16H14FN3O3. The number of nitro benzene ring substituents is 1. The number of hydrogen-bond acceptors (Lipinski definition) is 5. The van der Waals surface area contributed by atoms with Crippen molar-refractivity contribution in [3.8, 4) is 6.07 Å². The van der Waals surface area contributed by atoms with Crippen molar-refractivity contribution < 1.29 is 14.1 Å². The van der Waals surface area contributed by atoms with E-state index in [1.807, 2.05) is 6.07 Å². The highest BCUT2D eigenvalue weighted by atomic mass is 19.1. The van der Waals surface area contributed by atoms with E-state index in [9.17, 15) is 14.5 Å². The molecule has 7 heteroatoms. The Hall–Kier alpha value is -2.98. The highest BCUT2D eigenvalue weighted by Gasteiger charge is 2.11. The van der Waals surface area contributed by atoms with Gasteiger partial charge in [-0.3, -0.25) is 10.1 Å². The van der Waals surface area contributed by atoms with Gasteiger partial charge in [0.05, 0.1) is 23.2 Å². The van der Waals surface area contributed by atoms with Crippen LogP contribution in [-0.4, -0.2) is 12.0 Å². The fraction of sp³-hybridized carbons (Fsp3) is 0.188. The smallest absolute Gasteiger partial charge is 0.269 e. The molecule has 2 rings (SSSR count). The van der Waals surface area contributed by atoms with E-state index in [-0.39, 0.29) is 18.8 Å². The van der Waals surface area contributed by atoms with E-state index < -0.39 is 10.7 Å². The molecule has 0 saturated heterocycles. The Labute approximate surface area is 132 Å². The summed E-state index contributed by atoms with van der Waals surface area (Å²) in [7, 11) is 1.48. The summed E-state index contributed by atoms with van der Waals surface area (Å²) in [6.07, 6.45) is 0. The second-order valence-electron chi connectivity index (χ2n) is 4.80. The van der Waals surface area contributed by atoms with Crippen LogP contribution in [0.2, 0.25) is 0 Å². The molecule has 0 aliphatic rings. The topological polar surface area (TPSA) is 88.2 Å². The molecule has 0 spiro atoms. The average Bonchev–Trinajstić information content (AvgIpc) is 2.55. The first-order chi connectivity index (χ1) is 11.0. The van der Waals surface area contributed by atoms with Gasteiger partial charge in [-0.2, -0.15) is 5.26 Å². The number of hydrogen-bond donors (Lipinski definition) is 1. The first-order valence-electron chi connectivity index (χ1n) is 6.73. The molecule has 23 heavy (non-hydrogen) atoms. The molecule has 0 radical (unpaired) electrons.